The van der Waals surface area contributed by atoms with Crippen LogP contribution in [0.1, 0.15) is 54.1 Å². The highest BCUT2D eigenvalue weighted by molar-refractivity contribution is 7.10. The molecule has 1 saturated carbocycles. The molecule has 0 spiro atoms. The molecule has 0 radical (unpaired) electrons. The molecule has 3 heterocycles. The van der Waals surface area contributed by atoms with Crippen molar-refractivity contribution < 1.29 is 9.59 Å². The second-order valence-corrected chi connectivity index (χ2v) is 10.5. The van der Waals surface area contributed by atoms with Gasteiger partial charge in [-0.3, -0.25) is 9.69 Å². The van der Waals surface area contributed by atoms with Gasteiger partial charge in [-0.25, -0.2) is 4.79 Å². The van der Waals surface area contributed by atoms with Crippen LogP contribution in [-0.2, 0) is 11.2 Å². The molecule has 5 rings (SSSR count). The van der Waals surface area contributed by atoms with Crippen molar-refractivity contribution in [2.45, 2.75) is 50.6 Å². The number of benzene rings is 1. The molecule has 2 aliphatic heterocycles. The fraction of sp³-hybridized carbons (Fsp3) is 0.538. The number of hydrogen-bond acceptors (Lipinski definition) is 4. The van der Waals surface area contributed by atoms with E-state index in [2.05, 4.69) is 45.9 Å². The van der Waals surface area contributed by atoms with Gasteiger partial charge in [0, 0.05) is 43.6 Å². The average molecular weight is 467 g/mol. The second-order valence-electron chi connectivity index (χ2n) is 9.49. The summed E-state index contributed by atoms with van der Waals surface area (Å²) in [5.74, 6) is 0.168. The van der Waals surface area contributed by atoms with E-state index in [1.54, 1.807) is 0 Å². The van der Waals surface area contributed by atoms with Crippen LogP contribution in [0.5, 0.6) is 0 Å². The Bertz CT molecular complexity index is 948. The quantitative estimate of drug-likeness (QED) is 0.744. The van der Waals surface area contributed by atoms with E-state index in [1.807, 2.05) is 27.2 Å². The zero-order chi connectivity index (χ0) is 22.6. The highest BCUT2D eigenvalue weighted by Crippen LogP contribution is 2.37. The fourth-order valence-corrected chi connectivity index (χ4v) is 6.41. The summed E-state index contributed by atoms with van der Waals surface area (Å²) < 4.78 is 0. The van der Waals surface area contributed by atoms with Crippen molar-refractivity contribution in [1.29, 1.82) is 0 Å². The minimum atomic E-state index is 0.0409. The van der Waals surface area contributed by atoms with Crippen LogP contribution in [0.15, 0.2) is 41.8 Å². The lowest BCUT2D eigenvalue weighted by molar-refractivity contribution is -0.134. The first-order chi connectivity index (χ1) is 16.2. The number of rotatable bonds is 4. The van der Waals surface area contributed by atoms with Crippen molar-refractivity contribution in [2.24, 2.45) is 0 Å². The maximum absolute atomic E-state index is 13.3. The Morgan fingerprint density at radius 2 is 1.64 bits per heavy atom. The topological polar surface area (TPSA) is 55.9 Å². The number of nitrogens with zero attached hydrogens (tertiary/aromatic N) is 3. The predicted octanol–water partition coefficient (Wildman–Crippen LogP) is 3.88. The smallest absolute Gasteiger partial charge is 0.317 e. The van der Waals surface area contributed by atoms with E-state index in [0.29, 0.717) is 38.8 Å². The number of hydrogen-bond donors (Lipinski definition) is 1. The molecular formula is C26H34N4O2S. The first-order valence-corrected chi connectivity index (χ1v) is 13.3. The van der Waals surface area contributed by atoms with Gasteiger partial charge in [-0.05, 0) is 41.8 Å². The third kappa shape index (κ3) is 5.09. The molecule has 1 N–H and O–H groups in total. The zero-order valence-corrected chi connectivity index (χ0v) is 20.1. The van der Waals surface area contributed by atoms with Gasteiger partial charge >= 0.3 is 6.03 Å². The average Bonchev–Trinajstić information content (AvgIpc) is 3.34. The Hall–Kier alpha value is -2.38. The summed E-state index contributed by atoms with van der Waals surface area (Å²) in [6.07, 6.45) is 6.88. The lowest BCUT2D eigenvalue weighted by atomic mass is 9.93. The van der Waals surface area contributed by atoms with E-state index in [-0.39, 0.29) is 18.0 Å². The van der Waals surface area contributed by atoms with Crippen molar-refractivity contribution in [3.8, 4) is 0 Å². The number of thiophene rings is 1. The Morgan fingerprint density at radius 1 is 0.909 bits per heavy atom. The van der Waals surface area contributed by atoms with Gasteiger partial charge in [-0.15, -0.1) is 11.3 Å². The van der Waals surface area contributed by atoms with Crippen LogP contribution in [-0.4, -0.2) is 71.9 Å². The molecular weight excluding hydrogens is 432 g/mol. The van der Waals surface area contributed by atoms with Gasteiger partial charge in [0.15, 0.2) is 0 Å². The first-order valence-electron chi connectivity index (χ1n) is 12.4. The molecule has 1 saturated heterocycles. The van der Waals surface area contributed by atoms with Crippen molar-refractivity contribution >= 4 is 23.3 Å². The molecule has 33 heavy (non-hydrogen) atoms. The molecule has 176 valence electrons. The third-order valence-electron chi connectivity index (χ3n) is 7.37. The van der Waals surface area contributed by atoms with Gasteiger partial charge in [-0.1, -0.05) is 49.6 Å². The molecule has 1 unspecified atom stereocenters. The number of carbonyl (C=O) groups is 2. The van der Waals surface area contributed by atoms with Crippen molar-refractivity contribution in [1.82, 2.24) is 20.0 Å². The number of carbonyl (C=O) groups excluding carboxylic acids is 2. The highest BCUT2D eigenvalue weighted by atomic mass is 32.1. The fourth-order valence-electron chi connectivity index (χ4n) is 5.51. The summed E-state index contributed by atoms with van der Waals surface area (Å²) >= 11 is 1.82. The van der Waals surface area contributed by atoms with Crippen molar-refractivity contribution in [3.63, 3.8) is 0 Å². The number of urea groups is 1. The van der Waals surface area contributed by atoms with E-state index in [1.165, 1.54) is 35.3 Å². The molecule has 6 nitrogen and oxygen atoms in total. The zero-order valence-electron chi connectivity index (χ0n) is 19.2. The summed E-state index contributed by atoms with van der Waals surface area (Å²) in [5.41, 5.74) is 2.59. The van der Waals surface area contributed by atoms with E-state index in [0.717, 1.165) is 25.8 Å². The van der Waals surface area contributed by atoms with Crippen LogP contribution in [0.25, 0.3) is 0 Å². The standard InChI is InChI=1S/C26H34N4O2S/c31-24(28-14-16-29(17-15-28)26(32)27-21-9-5-2-6-10-21)19-30-13-11-23-22(12-18-33-23)25(30)20-7-3-1-4-8-20/h1,3-4,7-8,12,18,21,25H,2,5-6,9-11,13-17,19H2,(H,27,32). The maximum atomic E-state index is 13.3. The first kappa shape index (κ1) is 22.4. The lowest BCUT2D eigenvalue weighted by Crippen LogP contribution is -2.56. The number of piperazine rings is 1. The van der Waals surface area contributed by atoms with E-state index < -0.39 is 0 Å². The lowest BCUT2D eigenvalue weighted by Gasteiger charge is -2.39. The van der Waals surface area contributed by atoms with Crippen LogP contribution >= 0.6 is 11.3 Å². The normalized spacial score (nSPS) is 22.1. The Balaban J connectivity index is 1.18. The summed E-state index contributed by atoms with van der Waals surface area (Å²) in [6, 6.07) is 13.2. The summed E-state index contributed by atoms with van der Waals surface area (Å²) in [7, 11) is 0. The summed E-state index contributed by atoms with van der Waals surface area (Å²) in [5, 5.41) is 5.38. The molecule has 1 aromatic heterocycles. The van der Waals surface area contributed by atoms with Gasteiger partial charge in [0.1, 0.15) is 0 Å². The van der Waals surface area contributed by atoms with Crippen LogP contribution in [0, 0.1) is 0 Å². The summed E-state index contributed by atoms with van der Waals surface area (Å²) in [6.45, 7) is 3.77. The minimum Gasteiger partial charge on any atom is -0.338 e. The monoisotopic (exact) mass is 466 g/mol. The van der Waals surface area contributed by atoms with E-state index in [4.69, 9.17) is 0 Å². The van der Waals surface area contributed by atoms with Crippen LogP contribution in [0.2, 0.25) is 0 Å². The molecule has 2 fully saturated rings. The third-order valence-corrected chi connectivity index (χ3v) is 8.37. The highest BCUT2D eigenvalue weighted by Gasteiger charge is 2.33. The maximum Gasteiger partial charge on any atom is 0.317 e. The molecule has 3 aliphatic rings. The summed E-state index contributed by atoms with van der Waals surface area (Å²) in [4.78, 5) is 33.5. The number of nitrogens with one attached hydrogen (secondary N) is 1. The molecule has 0 bridgehead atoms. The second kappa shape index (κ2) is 10.3. The van der Waals surface area contributed by atoms with E-state index in [9.17, 15) is 9.59 Å². The number of fused-ring (bicyclic) bond motifs is 1. The molecule has 3 amide bonds. The van der Waals surface area contributed by atoms with Gasteiger partial charge in [0.05, 0.1) is 12.6 Å². The van der Waals surface area contributed by atoms with Gasteiger partial charge in [0.2, 0.25) is 5.91 Å². The molecule has 1 atom stereocenters. The Morgan fingerprint density at radius 3 is 2.39 bits per heavy atom. The van der Waals surface area contributed by atoms with Gasteiger partial charge in [-0.2, -0.15) is 0 Å². The van der Waals surface area contributed by atoms with E-state index >= 15 is 0 Å². The molecule has 7 heteroatoms. The Kier molecular flexibility index (Phi) is 6.97. The van der Waals surface area contributed by atoms with Crippen molar-refractivity contribution in [2.75, 3.05) is 39.3 Å². The largest absolute Gasteiger partial charge is 0.338 e. The van der Waals surface area contributed by atoms with Crippen LogP contribution < -0.4 is 5.32 Å². The molecule has 1 aliphatic carbocycles. The molecule has 1 aromatic carbocycles. The van der Waals surface area contributed by atoms with Crippen molar-refractivity contribution in [3.05, 3.63) is 57.8 Å². The number of amides is 3. The van der Waals surface area contributed by atoms with Crippen LogP contribution in [0.4, 0.5) is 4.79 Å². The predicted molar refractivity (Wildman–Crippen MR) is 131 cm³/mol. The van der Waals surface area contributed by atoms with Crippen LogP contribution in [0.3, 0.4) is 0 Å². The SMILES string of the molecule is O=C(CN1CCc2sccc2C1c1ccccc1)N1CCN(C(=O)NC2CCCCC2)CC1. The molecule has 2 aromatic rings. The van der Waals surface area contributed by atoms with Gasteiger partial charge in [0.25, 0.3) is 0 Å². The van der Waals surface area contributed by atoms with Gasteiger partial charge < -0.3 is 15.1 Å². The minimum absolute atomic E-state index is 0.0409. The Labute approximate surface area is 200 Å².